The molecule has 2 heterocycles. The minimum Gasteiger partial charge on any atom is -0.325 e. The number of aryl methyl sites for hydroxylation is 1. The molecule has 0 bridgehead atoms. The van der Waals surface area contributed by atoms with Crippen LogP contribution >= 0.6 is 0 Å². The van der Waals surface area contributed by atoms with Gasteiger partial charge in [-0.05, 0) is 42.2 Å². The zero-order valence-electron chi connectivity index (χ0n) is 18.2. The van der Waals surface area contributed by atoms with Gasteiger partial charge < -0.3 is 9.88 Å². The van der Waals surface area contributed by atoms with Crippen molar-refractivity contribution in [3.05, 3.63) is 102 Å². The molecule has 0 aliphatic carbocycles. The topological polar surface area (TPSA) is 59.8 Å². The zero-order chi connectivity index (χ0) is 22.6. The summed E-state index contributed by atoms with van der Waals surface area (Å²) in [6.07, 6.45) is 4.06. The van der Waals surface area contributed by atoms with E-state index in [-0.39, 0.29) is 11.7 Å². The number of halogens is 1. The summed E-state index contributed by atoms with van der Waals surface area (Å²) in [7, 11) is 0. The molecule has 0 saturated carbocycles. The third kappa shape index (κ3) is 4.42. The molecule has 1 aliphatic heterocycles. The average Bonchev–Trinajstić information content (AvgIpc) is 3.09. The average molecular weight is 441 g/mol. The number of carbonyl (C=O) groups excluding carboxylic acids is 1. The van der Waals surface area contributed by atoms with E-state index in [1.54, 1.807) is 12.1 Å². The lowest BCUT2D eigenvalue weighted by Gasteiger charge is -2.18. The Kier molecular flexibility index (Phi) is 5.98. The zero-order valence-corrected chi connectivity index (χ0v) is 18.2. The molecular weight excluding hydrogens is 415 g/mol. The molecular formula is C27H25FN4O. The van der Waals surface area contributed by atoms with E-state index in [1.807, 2.05) is 65.2 Å². The van der Waals surface area contributed by atoms with Crippen LogP contribution in [-0.4, -0.2) is 20.7 Å². The summed E-state index contributed by atoms with van der Waals surface area (Å²) >= 11 is 0. The Balaban J connectivity index is 1.47. The Morgan fingerprint density at radius 1 is 0.879 bits per heavy atom. The van der Waals surface area contributed by atoms with Gasteiger partial charge in [-0.2, -0.15) is 0 Å². The summed E-state index contributed by atoms with van der Waals surface area (Å²) in [6, 6.07) is 23.9. The Labute approximate surface area is 192 Å². The standard InChI is InChI=1S/C27H25FN4O/c28-23-16-15-21(18-22(23)26-31-30-24-14-8-3-9-17-32(24)26)29-27(33)25(19-10-4-1-5-11-19)20-12-6-2-7-13-20/h1-2,4-7,10-13,15-16,18,25H,3,8-9,14,17H2,(H,29,33). The minimum absolute atomic E-state index is 0.176. The lowest BCUT2D eigenvalue weighted by Crippen LogP contribution is -2.22. The van der Waals surface area contributed by atoms with Crippen molar-refractivity contribution < 1.29 is 9.18 Å². The van der Waals surface area contributed by atoms with E-state index in [0.717, 1.165) is 49.2 Å². The van der Waals surface area contributed by atoms with Crippen molar-refractivity contribution >= 4 is 11.6 Å². The summed E-state index contributed by atoms with van der Waals surface area (Å²) in [5.74, 6) is 0.373. The summed E-state index contributed by atoms with van der Waals surface area (Å²) in [6.45, 7) is 0.776. The lowest BCUT2D eigenvalue weighted by atomic mass is 9.90. The van der Waals surface area contributed by atoms with Crippen molar-refractivity contribution in [1.82, 2.24) is 14.8 Å². The molecule has 3 aromatic carbocycles. The second-order valence-corrected chi connectivity index (χ2v) is 8.34. The Bertz CT molecular complexity index is 1210. The molecule has 6 heteroatoms. The molecule has 4 aromatic rings. The quantitative estimate of drug-likeness (QED) is 0.441. The van der Waals surface area contributed by atoms with Crippen molar-refractivity contribution in [2.75, 3.05) is 5.32 Å². The van der Waals surface area contributed by atoms with Crippen molar-refractivity contribution in [1.29, 1.82) is 0 Å². The summed E-state index contributed by atoms with van der Waals surface area (Å²) in [5, 5.41) is 11.6. The number of amides is 1. The van der Waals surface area contributed by atoms with Gasteiger partial charge in [-0.1, -0.05) is 67.1 Å². The number of fused-ring (bicyclic) bond motifs is 1. The molecule has 0 radical (unpaired) electrons. The lowest BCUT2D eigenvalue weighted by molar-refractivity contribution is -0.116. The first-order valence-electron chi connectivity index (χ1n) is 11.3. The van der Waals surface area contributed by atoms with Crippen LogP contribution in [0.15, 0.2) is 78.9 Å². The van der Waals surface area contributed by atoms with E-state index in [1.165, 1.54) is 6.07 Å². The van der Waals surface area contributed by atoms with Gasteiger partial charge in [0.2, 0.25) is 5.91 Å². The molecule has 0 saturated heterocycles. The molecule has 1 N–H and O–H groups in total. The Hall–Kier alpha value is -3.80. The summed E-state index contributed by atoms with van der Waals surface area (Å²) in [4.78, 5) is 13.4. The van der Waals surface area contributed by atoms with E-state index < -0.39 is 5.92 Å². The highest BCUT2D eigenvalue weighted by molar-refractivity contribution is 5.98. The molecule has 0 unspecified atom stereocenters. The van der Waals surface area contributed by atoms with E-state index in [4.69, 9.17) is 0 Å². The van der Waals surface area contributed by atoms with Gasteiger partial charge in [0.25, 0.3) is 0 Å². The maximum absolute atomic E-state index is 14.8. The molecule has 5 rings (SSSR count). The fourth-order valence-electron chi connectivity index (χ4n) is 4.46. The van der Waals surface area contributed by atoms with Gasteiger partial charge in [0, 0.05) is 18.7 Å². The van der Waals surface area contributed by atoms with E-state index in [0.29, 0.717) is 17.1 Å². The SMILES string of the molecule is O=C(Nc1ccc(F)c(-c2nnc3n2CCCCC3)c1)C(c1ccccc1)c1ccccc1. The number of hydrogen-bond acceptors (Lipinski definition) is 3. The van der Waals surface area contributed by atoms with Crippen molar-refractivity contribution in [2.24, 2.45) is 0 Å². The third-order valence-corrected chi connectivity index (χ3v) is 6.11. The predicted octanol–water partition coefficient (Wildman–Crippen LogP) is 5.58. The molecule has 1 aliphatic rings. The highest BCUT2D eigenvalue weighted by Crippen LogP contribution is 2.30. The molecule has 33 heavy (non-hydrogen) atoms. The largest absolute Gasteiger partial charge is 0.325 e. The number of nitrogens with zero attached hydrogens (tertiary/aromatic N) is 3. The molecule has 5 nitrogen and oxygen atoms in total. The van der Waals surface area contributed by atoms with Crippen LogP contribution in [-0.2, 0) is 17.8 Å². The number of carbonyl (C=O) groups is 1. The molecule has 1 amide bonds. The maximum Gasteiger partial charge on any atom is 0.236 e. The van der Waals surface area contributed by atoms with Crippen molar-refractivity contribution in [3.8, 4) is 11.4 Å². The number of hydrogen-bond donors (Lipinski definition) is 1. The normalized spacial score (nSPS) is 13.4. The van der Waals surface area contributed by atoms with Gasteiger partial charge in [0.05, 0.1) is 11.5 Å². The Morgan fingerprint density at radius 3 is 2.27 bits per heavy atom. The minimum atomic E-state index is -0.481. The van der Waals surface area contributed by atoms with E-state index >= 15 is 0 Å². The van der Waals surface area contributed by atoms with Gasteiger partial charge in [-0.15, -0.1) is 10.2 Å². The van der Waals surface area contributed by atoms with Crippen LogP contribution in [0.3, 0.4) is 0 Å². The Morgan fingerprint density at radius 2 is 1.58 bits per heavy atom. The van der Waals surface area contributed by atoms with Gasteiger partial charge >= 0.3 is 0 Å². The fraction of sp³-hybridized carbons (Fsp3) is 0.222. The smallest absolute Gasteiger partial charge is 0.236 e. The molecule has 1 aromatic heterocycles. The van der Waals surface area contributed by atoms with Crippen LogP contribution < -0.4 is 5.32 Å². The van der Waals surface area contributed by atoms with Crippen LogP contribution in [0, 0.1) is 5.82 Å². The second-order valence-electron chi connectivity index (χ2n) is 8.34. The molecule has 166 valence electrons. The highest BCUT2D eigenvalue weighted by Gasteiger charge is 2.24. The first-order valence-corrected chi connectivity index (χ1v) is 11.3. The van der Waals surface area contributed by atoms with E-state index in [9.17, 15) is 9.18 Å². The van der Waals surface area contributed by atoms with Crippen molar-refractivity contribution in [3.63, 3.8) is 0 Å². The number of benzene rings is 3. The van der Waals surface area contributed by atoms with Crippen LogP contribution in [0.5, 0.6) is 0 Å². The summed E-state index contributed by atoms with van der Waals surface area (Å²) in [5.41, 5.74) is 2.67. The van der Waals surface area contributed by atoms with Crippen LogP contribution in [0.4, 0.5) is 10.1 Å². The third-order valence-electron chi connectivity index (χ3n) is 6.11. The number of rotatable bonds is 5. The number of anilines is 1. The number of nitrogens with one attached hydrogen (secondary N) is 1. The second kappa shape index (κ2) is 9.36. The van der Waals surface area contributed by atoms with Crippen molar-refractivity contribution in [2.45, 2.75) is 38.1 Å². The molecule has 0 atom stereocenters. The van der Waals surface area contributed by atoms with Gasteiger partial charge in [-0.3, -0.25) is 4.79 Å². The maximum atomic E-state index is 14.8. The first-order chi connectivity index (χ1) is 16.2. The predicted molar refractivity (Wildman–Crippen MR) is 126 cm³/mol. The monoisotopic (exact) mass is 440 g/mol. The fourth-order valence-corrected chi connectivity index (χ4v) is 4.46. The van der Waals surface area contributed by atoms with Gasteiger partial charge in [-0.25, -0.2) is 4.39 Å². The van der Waals surface area contributed by atoms with Crippen LogP contribution in [0.2, 0.25) is 0 Å². The summed E-state index contributed by atoms with van der Waals surface area (Å²) < 4.78 is 16.8. The van der Waals surface area contributed by atoms with E-state index in [2.05, 4.69) is 15.5 Å². The molecule has 0 spiro atoms. The van der Waals surface area contributed by atoms with Crippen LogP contribution in [0.25, 0.3) is 11.4 Å². The van der Waals surface area contributed by atoms with Gasteiger partial charge in [0.1, 0.15) is 11.6 Å². The first kappa shape index (κ1) is 21.1. The molecule has 0 fully saturated rings. The van der Waals surface area contributed by atoms with Gasteiger partial charge in [0.15, 0.2) is 5.82 Å². The highest BCUT2D eigenvalue weighted by atomic mass is 19.1. The van der Waals surface area contributed by atoms with Crippen LogP contribution in [0.1, 0.15) is 42.1 Å². The number of aromatic nitrogens is 3.